The summed E-state index contributed by atoms with van der Waals surface area (Å²) in [7, 11) is 0. The van der Waals surface area contributed by atoms with Gasteiger partial charge in [-0.15, -0.1) is 0 Å². The van der Waals surface area contributed by atoms with Gasteiger partial charge in [0.1, 0.15) is 11.4 Å². The first kappa shape index (κ1) is 24.3. The number of cyclic esters (lactones) is 2. The smallest absolute Gasteiger partial charge is 0.410 e. The zero-order valence-corrected chi connectivity index (χ0v) is 19.5. The number of piperidine rings is 1. The van der Waals surface area contributed by atoms with Crippen molar-refractivity contribution in [3.8, 4) is 0 Å². The van der Waals surface area contributed by atoms with Crippen LogP contribution in [0, 0.1) is 5.82 Å². The van der Waals surface area contributed by atoms with Crippen LogP contribution in [0.1, 0.15) is 47.5 Å². The third kappa shape index (κ3) is 6.59. The number of amides is 1. The number of anilines is 2. The van der Waals surface area contributed by atoms with Gasteiger partial charge in [-0.05, 0) is 51.8 Å². The van der Waals surface area contributed by atoms with Crippen molar-refractivity contribution < 1.29 is 33.0 Å². The van der Waals surface area contributed by atoms with Crippen molar-refractivity contribution in [3.05, 3.63) is 35.8 Å². The summed E-state index contributed by atoms with van der Waals surface area (Å²) in [5, 5.41) is 6.14. The normalized spacial score (nSPS) is 18.8. The van der Waals surface area contributed by atoms with Gasteiger partial charge in [-0.3, -0.25) is 0 Å². The molecule has 2 aliphatic heterocycles. The van der Waals surface area contributed by atoms with Crippen molar-refractivity contribution in [2.45, 2.75) is 64.9 Å². The van der Waals surface area contributed by atoms with Gasteiger partial charge in [0.25, 0.3) is 5.79 Å². The zero-order valence-electron chi connectivity index (χ0n) is 19.5. The summed E-state index contributed by atoms with van der Waals surface area (Å²) in [5.74, 6) is -3.49. The summed E-state index contributed by atoms with van der Waals surface area (Å²) in [6, 6.07) is 4.16. The van der Waals surface area contributed by atoms with Gasteiger partial charge in [-0.2, -0.15) is 0 Å². The molecule has 0 bridgehead atoms. The lowest BCUT2D eigenvalue weighted by Gasteiger charge is -2.34. The van der Waals surface area contributed by atoms with E-state index in [1.54, 1.807) is 11.0 Å². The first-order valence-corrected chi connectivity index (χ1v) is 10.8. The van der Waals surface area contributed by atoms with Crippen molar-refractivity contribution in [2.24, 2.45) is 0 Å². The summed E-state index contributed by atoms with van der Waals surface area (Å²) < 4.78 is 29.4. The number of hydrogen-bond acceptors (Lipinski definition) is 8. The highest BCUT2D eigenvalue weighted by molar-refractivity contribution is 6.15. The average Bonchev–Trinajstić information content (AvgIpc) is 2.67. The average molecular weight is 464 g/mol. The molecule has 0 unspecified atom stereocenters. The summed E-state index contributed by atoms with van der Waals surface area (Å²) >= 11 is 0. The predicted molar refractivity (Wildman–Crippen MR) is 119 cm³/mol. The Morgan fingerprint density at radius 2 is 1.76 bits per heavy atom. The molecule has 0 radical (unpaired) electrons. The maximum atomic E-state index is 13.9. The number of carbonyl (C=O) groups is 3. The number of esters is 2. The Morgan fingerprint density at radius 1 is 1.15 bits per heavy atom. The number of ether oxygens (including phenoxy) is 3. The van der Waals surface area contributed by atoms with E-state index < -0.39 is 29.1 Å². The molecule has 0 aliphatic carbocycles. The van der Waals surface area contributed by atoms with Crippen LogP contribution in [0.4, 0.5) is 20.6 Å². The molecule has 180 valence electrons. The van der Waals surface area contributed by atoms with Crippen LogP contribution in [0.25, 0.3) is 0 Å². The molecule has 2 fully saturated rings. The quantitative estimate of drug-likeness (QED) is 0.395. The molecular weight excluding hydrogens is 433 g/mol. The topological polar surface area (TPSA) is 106 Å². The van der Waals surface area contributed by atoms with E-state index in [0.29, 0.717) is 37.3 Å². The molecule has 2 saturated heterocycles. The lowest BCUT2D eigenvalue weighted by molar-refractivity contribution is -0.222. The number of hydrogen-bond donors (Lipinski definition) is 2. The fourth-order valence-corrected chi connectivity index (χ4v) is 3.44. The lowest BCUT2D eigenvalue weighted by Crippen LogP contribution is -2.44. The van der Waals surface area contributed by atoms with E-state index in [9.17, 15) is 18.8 Å². The van der Waals surface area contributed by atoms with Crippen molar-refractivity contribution >= 4 is 29.4 Å². The standard InChI is InChI=1S/C23H30FN3O6/c1-22(2,3)33-21(30)27-10-8-15(9-11-27)26-17-7-6-14(24)12-18(17)25-13-16-19(28)31-23(4,5)32-20(16)29/h6-7,12-13,15,25-26H,8-11H2,1-5H3. The van der Waals surface area contributed by atoms with Crippen molar-refractivity contribution in [1.82, 2.24) is 4.90 Å². The molecule has 0 aromatic heterocycles. The minimum atomic E-state index is -1.34. The minimum absolute atomic E-state index is 0.0350. The summed E-state index contributed by atoms with van der Waals surface area (Å²) in [5.41, 5.74) is 0.0435. The molecule has 1 aromatic carbocycles. The van der Waals surface area contributed by atoms with Crippen molar-refractivity contribution in [1.29, 1.82) is 0 Å². The fraction of sp³-hybridized carbons (Fsp3) is 0.522. The lowest BCUT2D eigenvalue weighted by atomic mass is 10.0. The first-order chi connectivity index (χ1) is 15.3. The maximum Gasteiger partial charge on any atom is 0.410 e. The molecule has 0 spiro atoms. The Bertz CT molecular complexity index is 939. The number of nitrogens with zero attached hydrogens (tertiary/aromatic N) is 1. The summed E-state index contributed by atoms with van der Waals surface area (Å²) in [6.45, 7) is 9.43. The molecule has 3 rings (SSSR count). The van der Waals surface area contributed by atoms with Gasteiger partial charge in [-0.25, -0.2) is 18.8 Å². The largest absolute Gasteiger partial charge is 0.444 e. The second-order valence-corrected chi connectivity index (χ2v) is 9.46. The van der Waals surface area contributed by atoms with Crippen LogP contribution >= 0.6 is 0 Å². The summed E-state index contributed by atoms with van der Waals surface area (Å²) in [6.07, 6.45) is 2.15. The number of benzene rings is 1. The van der Waals surface area contributed by atoms with E-state index in [0.717, 1.165) is 6.20 Å². The number of likely N-dealkylation sites (tertiary alicyclic amines) is 1. The van der Waals surface area contributed by atoms with E-state index in [1.165, 1.54) is 26.0 Å². The second-order valence-electron chi connectivity index (χ2n) is 9.46. The number of halogens is 1. The first-order valence-electron chi connectivity index (χ1n) is 10.8. The molecule has 33 heavy (non-hydrogen) atoms. The Hall–Kier alpha value is -3.30. The number of carbonyl (C=O) groups excluding carboxylic acids is 3. The minimum Gasteiger partial charge on any atom is -0.444 e. The van der Waals surface area contributed by atoms with Crippen LogP contribution in [0.15, 0.2) is 30.0 Å². The third-order valence-corrected chi connectivity index (χ3v) is 4.98. The molecule has 9 nitrogen and oxygen atoms in total. The van der Waals surface area contributed by atoms with E-state index in [1.807, 2.05) is 20.8 Å². The van der Waals surface area contributed by atoms with Gasteiger partial charge < -0.3 is 29.7 Å². The van der Waals surface area contributed by atoms with E-state index in [-0.39, 0.29) is 17.7 Å². The highest BCUT2D eigenvalue weighted by Gasteiger charge is 2.39. The molecular formula is C23H30FN3O6. The van der Waals surface area contributed by atoms with E-state index in [4.69, 9.17) is 14.2 Å². The molecule has 2 heterocycles. The predicted octanol–water partition coefficient (Wildman–Crippen LogP) is 3.77. The highest BCUT2D eigenvalue weighted by Crippen LogP contribution is 2.28. The Morgan fingerprint density at radius 3 is 2.33 bits per heavy atom. The van der Waals surface area contributed by atoms with Gasteiger partial charge in [0.15, 0.2) is 5.57 Å². The molecule has 2 N–H and O–H groups in total. The van der Waals surface area contributed by atoms with Gasteiger partial charge in [0, 0.05) is 39.2 Å². The van der Waals surface area contributed by atoms with E-state index >= 15 is 0 Å². The van der Waals surface area contributed by atoms with Gasteiger partial charge in [-0.1, -0.05) is 0 Å². The molecule has 0 saturated carbocycles. The highest BCUT2D eigenvalue weighted by atomic mass is 19.1. The van der Waals surface area contributed by atoms with Gasteiger partial charge >= 0.3 is 18.0 Å². The molecule has 2 aliphatic rings. The van der Waals surface area contributed by atoms with Gasteiger partial charge in [0.05, 0.1) is 11.4 Å². The van der Waals surface area contributed by atoms with Crippen LogP contribution in [-0.2, 0) is 23.8 Å². The van der Waals surface area contributed by atoms with Crippen LogP contribution in [0.2, 0.25) is 0 Å². The number of nitrogens with one attached hydrogen (secondary N) is 2. The molecule has 1 aromatic rings. The van der Waals surface area contributed by atoms with Crippen LogP contribution in [-0.4, -0.2) is 53.5 Å². The van der Waals surface area contributed by atoms with Crippen LogP contribution in [0.3, 0.4) is 0 Å². The molecule has 1 amide bonds. The fourth-order valence-electron chi connectivity index (χ4n) is 3.44. The monoisotopic (exact) mass is 463 g/mol. The second kappa shape index (κ2) is 9.29. The van der Waals surface area contributed by atoms with Crippen molar-refractivity contribution in [3.63, 3.8) is 0 Å². The Kier molecular flexibility index (Phi) is 6.85. The third-order valence-electron chi connectivity index (χ3n) is 4.98. The Labute approximate surface area is 192 Å². The maximum absolute atomic E-state index is 13.9. The Balaban J connectivity index is 1.65. The van der Waals surface area contributed by atoms with E-state index in [2.05, 4.69) is 10.6 Å². The van der Waals surface area contributed by atoms with Crippen LogP contribution in [0.5, 0.6) is 0 Å². The zero-order chi connectivity index (χ0) is 24.4. The molecule has 0 atom stereocenters. The summed E-state index contributed by atoms with van der Waals surface area (Å²) in [4.78, 5) is 38.2. The SMILES string of the molecule is CC(C)(C)OC(=O)N1CCC(Nc2ccc(F)cc2NC=C2C(=O)OC(C)(C)OC2=O)CC1. The van der Waals surface area contributed by atoms with Crippen molar-refractivity contribution in [2.75, 3.05) is 23.7 Å². The van der Waals surface area contributed by atoms with Gasteiger partial charge in [0.2, 0.25) is 0 Å². The number of rotatable bonds is 4. The molecule has 10 heteroatoms. The van der Waals surface area contributed by atoms with Crippen LogP contribution < -0.4 is 10.6 Å².